The Labute approximate surface area is 144 Å². The number of nitrogens with zero attached hydrogens (tertiary/aromatic N) is 2. The normalized spacial score (nSPS) is 14.0. The van der Waals surface area contributed by atoms with Gasteiger partial charge in [0.05, 0.1) is 11.1 Å². The topological polar surface area (TPSA) is 62.3 Å². The lowest BCUT2D eigenvalue weighted by Crippen LogP contribution is -2.31. The molecule has 24 heavy (non-hydrogen) atoms. The van der Waals surface area contributed by atoms with Crippen LogP contribution in [0.3, 0.4) is 0 Å². The van der Waals surface area contributed by atoms with Crippen LogP contribution >= 0.6 is 0 Å². The van der Waals surface area contributed by atoms with E-state index < -0.39 is 0 Å². The van der Waals surface area contributed by atoms with Gasteiger partial charge in [0.15, 0.2) is 0 Å². The van der Waals surface area contributed by atoms with Crippen molar-refractivity contribution in [3.05, 3.63) is 41.2 Å². The Kier molecular flexibility index (Phi) is 6.97. The van der Waals surface area contributed by atoms with Gasteiger partial charge in [0.2, 0.25) is 0 Å². The van der Waals surface area contributed by atoms with E-state index in [1.165, 1.54) is 30.8 Å². The molecule has 0 bridgehead atoms. The van der Waals surface area contributed by atoms with Gasteiger partial charge in [-0.3, -0.25) is 14.6 Å². The van der Waals surface area contributed by atoms with Gasteiger partial charge in [0.25, 0.3) is 11.8 Å². The third-order valence-electron chi connectivity index (χ3n) is 4.41. The van der Waals surface area contributed by atoms with Crippen LogP contribution in [0, 0.1) is 0 Å². The first-order valence-electron chi connectivity index (χ1n) is 8.86. The van der Waals surface area contributed by atoms with E-state index in [0.29, 0.717) is 30.8 Å². The average Bonchev–Trinajstić information content (AvgIpc) is 2.63. The molecule has 0 saturated carbocycles. The molecule has 0 saturated heterocycles. The van der Waals surface area contributed by atoms with Gasteiger partial charge in [0, 0.05) is 32.0 Å². The predicted octanol–water partition coefficient (Wildman–Crippen LogP) is 3.18. The molecule has 2 rings (SSSR count). The van der Waals surface area contributed by atoms with Crippen molar-refractivity contribution < 1.29 is 9.59 Å². The van der Waals surface area contributed by atoms with Gasteiger partial charge in [-0.15, -0.1) is 0 Å². The first kappa shape index (κ1) is 18.2. The van der Waals surface area contributed by atoms with Crippen LogP contribution in [-0.4, -0.2) is 41.3 Å². The molecule has 0 unspecified atom stereocenters. The van der Waals surface area contributed by atoms with Crippen molar-refractivity contribution in [1.82, 2.24) is 15.2 Å². The molecule has 1 heterocycles. The summed E-state index contributed by atoms with van der Waals surface area (Å²) in [4.78, 5) is 30.4. The summed E-state index contributed by atoms with van der Waals surface area (Å²) < 4.78 is 0. The van der Waals surface area contributed by atoms with Crippen LogP contribution in [0.1, 0.15) is 66.7 Å². The highest BCUT2D eigenvalue weighted by Gasteiger charge is 2.15. The summed E-state index contributed by atoms with van der Waals surface area (Å²) >= 11 is 0. The third-order valence-corrected chi connectivity index (χ3v) is 4.41. The monoisotopic (exact) mass is 329 g/mol. The molecular weight excluding hydrogens is 302 g/mol. The standard InChI is InChI=1S/C19H27N3O2/c1-3-22(4-2)19(24)17-12-16(13-20-14-17)18(23)21-11-10-15-8-6-5-7-9-15/h8,12-14H,3-7,9-11H2,1-2H3,(H,21,23). The average molecular weight is 329 g/mol. The van der Waals surface area contributed by atoms with Crippen LogP contribution in [0.4, 0.5) is 0 Å². The van der Waals surface area contributed by atoms with Crippen LogP contribution in [0.5, 0.6) is 0 Å². The number of hydrogen-bond acceptors (Lipinski definition) is 3. The van der Waals surface area contributed by atoms with Crippen LogP contribution in [0.25, 0.3) is 0 Å². The zero-order valence-corrected chi connectivity index (χ0v) is 14.7. The highest BCUT2D eigenvalue weighted by atomic mass is 16.2. The lowest BCUT2D eigenvalue weighted by atomic mass is 9.97. The van der Waals surface area contributed by atoms with E-state index in [2.05, 4.69) is 16.4 Å². The molecule has 1 N–H and O–H groups in total. The Morgan fingerprint density at radius 2 is 1.92 bits per heavy atom. The number of rotatable bonds is 7. The van der Waals surface area contributed by atoms with Crippen LogP contribution in [0.15, 0.2) is 30.1 Å². The summed E-state index contributed by atoms with van der Waals surface area (Å²) in [6, 6.07) is 1.63. The molecule has 2 amide bonds. The number of aromatic nitrogens is 1. The summed E-state index contributed by atoms with van der Waals surface area (Å²) in [5.41, 5.74) is 2.33. The molecule has 0 aliphatic heterocycles. The largest absolute Gasteiger partial charge is 0.352 e. The molecule has 0 aromatic carbocycles. The van der Waals surface area contributed by atoms with Gasteiger partial charge in [-0.05, 0) is 52.0 Å². The Balaban J connectivity index is 1.93. The number of nitrogens with one attached hydrogen (secondary N) is 1. The van der Waals surface area contributed by atoms with Gasteiger partial charge in [0.1, 0.15) is 0 Å². The first-order chi connectivity index (χ1) is 11.7. The number of allylic oxidation sites excluding steroid dienone is 1. The summed E-state index contributed by atoms with van der Waals surface area (Å²) in [5.74, 6) is -0.261. The fourth-order valence-electron chi connectivity index (χ4n) is 2.94. The van der Waals surface area contributed by atoms with Crippen LogP contribution < -0.4 is 5.32 Å². The smallest absolute Gasteiger partial charge is 0.255 e. The molecule has 0 radical (unpaired) electrons. The minimum atomic E-state index is -0.173. The summed E-state index contributed by atoms with van der Waals surface area (Å²) in [6.45, 7) is 5.78. The SMILES string of the molecule is CCN(CC)C(=O)c1cncc(C(=O)NCCC2=CCCCC2)c1. The maximum atomic E-state index is 12.3. The number of carbonyl (C=O) groups is 2. The zero-order chi connectivity index (χ0) is 17.4. The van der Waals surface area contributed by atoms with E-state index in [4.69, 9.17) is 0 Å². The van der Waals surface area contributed by atoms with Crippen molar-refractivity contribution in [2.75, 3.05) is 19.6 Å². The molecule has 1 aromatic heterocycles. The van der Waals surface area contributed by atoms with E-state index >= 15 is 0 Å². The lowest BCUT2D eigenvalue weighted by molar-refractivity contribution is 0.0772. The van der Waals surface area contributed by atoms with Crippen molar-refractivity contribution in [1.29, 1.82) is 0 Å². The Bertz CT molecular complexity index is 606. The maximum absolute atomic E-state index is 12.3. The minimum Gasteiger partial charge on any atom is -0.352 e. The van der Waals surface area contributed by atoms with Gasteiger partial charge >= 0.3 is 0 Å². The fraction of sp³-hybridized carbons (Fsp3) is 0.526. The number of carbonyl (C=O) groups excluding carboxylic acids is 2. The van der Waals surface area contributed by atoms with Gasteiger partial charge in [-0.1, -0.05) is 11.6 Å². The summed E-state index contributed by atoms with van der Waals surface area (Å²) in [5, 5.41) is 2.92. The van der Waals surface area contributed by atoms with Gasteiger partial charge in [-0.25, -0.2) is 0 Å². The second-order valence-corrected chi connectivity index (χ2v) is 6.05. The molecule has 130 valence electrons. The zero-order valence-electron chi connectivity index (χ0n) is 14.7. The summed E-state index contributed by atoms with van der Waals surface area (Å²) in [6.07, 6.45) is 11.0. The van der Waals surface area contributed by atoms with E-state index in [9.17, 15) is 9.59 Å². The lowest BCUT2D eigenvalue weighted by Gasteiger charge is -2.18. The Hall–Kier alpha value is -2.17. The third kappa shape index (κ3) is 4.91. The van der Waals surface area contributed by atoms with E-state index in [1.807, 2.05) is 13.8 Å². The Morgan fingerprint density at radius 1 is 1.17 bits per heavy atom. The molecular formula is C19H27N3O2. The van der Waals surface area contributed by atoms with Crippen LogP contribution in [0.2, 0.25) is 0 Å². The van der Waals surface area contributed by atoms with E-state index in [-0.39, 0.29) is 11.8 Å². The van der Waals surface area contributed by atoms with Crippen LogP contribution in [-0.2, 0) is 0 Å². The first-order valence-corrected chi connectivity index (χ1v) is 8.86. The highest BCUT2D eigenvalue weighted by molar-refractivity contribution is 5.99. The van der Waals surface area contributed by atoms with Gasteiger partial charge in [-0.2, -0.15) is 0 Å². The van der Waals surface area contributed by atoms with Crippen molar-refractivity contribution in [2.24, 2.45) is 0 Å². The second-order valence-electron chi connectivity index (χ2n) is 6.05. The summed E-state index contributed by atoms with van der Waals surface area (Å²) in [7, 11) is 0. The quantitative estimate of drug-likeness (QED) is 0.782. The molecule has 5 heteroatoms. The number of amides is 2. The van der Waals surface area contributed by atoms with E-state index in [0.717, 1.165) is 19.3 Å². The second kappa shape index (κ2) is 9.21. The minimum absolute atomic E-state index is 0.0884. The van der Waals surface area contributed by atoms with Crippen molar-refractivity contribution >= 4 is 11.8 Å². The molecule has 1 aromatic rings. The number of hydrogen-bond donors (Lipinski definition) is 1. The molecule has 5 nitrogen and oxygen atoms in total. The predicted molar refractivity (Wildman–Crippen MR) is 95.0 cm³/mol. The van der Waals surface area contributed by atoms with Gasteiger partial charge < -0.3 is 10.2 Å². The maximum Gasteiger partial charge on any atom is 0.255 e. The number of pyridine rings is 1. The highest BCUT2D eigenvalue weighted by Crippen LogP contribution is 2.19. The molecule has 0 atom stereocenters. The molecule has 0 spiro atoms. The van der Waals surface area contributed by atoms with E-state index in [1.54, 1.807) is 11.0 Å². The van der Waals surface area contributed by atoms with Crippen molar-refractivity contribution in [2.45, 2.75) is 46.0 Å². The van der Waals surface area contributed by atoms with Crippen molar-refractivity contribution in [3.63, 3.8) is 0 Å². The van der Waals surface area contributed by atoms with Crippen molar-refractivity contribution in [3.8, 4) is 0 Å². The molecule has 1 aliphatic carbocycles. The molecule has 0 fully saturated rings. The molecule has 1 aliphatic rings. The Morgan fingerprint density at radius 3 is 2.58 bits per heavy atom. The fourth-order valence-corrected chi connectivity index (χ4v) is 2.94.